The van der Waals surface area contributed by atoms with Gasteiger partial charge in [0.25, 0.3) is 0 Å². The van der Waals surface area contributed by atoms with Crippen molar-refractivity contribution >= 4 is 6.29 Å². The van der Waals surface area contributed by atoms with Crippen molar-refractivity contribution in [2.45, 2.75) is 58.5 Å². The fourth-order valence-corrected chi connectivity index (χ4v) is 3.33. The van der Waals surface area contributed by atoms with Crippen LogP contribution in [-0.4, -0.2) is 43.0 Å². The normalized spacial score (nSPS) is 21.9. The molecule has 23 heavy (non-hydrogen) atoms. The van der Waals surface area contributed by atoms with E-state index in [4.69, 9.17) is 9.47 Å². The predicted molar refractivity (Wildman–Crippen MR) is 92.6 cm³/mol. The molecule has 1 aromatic rings. The third-order valence-corrected chi connectivity index (χ3v) is 4.60. The Hall–Kier alpha value is -1.55. The van der Waals surface area contributed by atoms with Crippen molar-refractivity contribution in [2.24, 2.45) is 0 Å². The summed E-state index contributed by atoms with van der Waals surface area (Å²) in [6.45, 7) is 8.86. The van der Waals surface area contributed by atoms with Crippen molar-refractivity contribution in [1.82, 2.24) is 4.90 Å². The SMILES string of the molecule is CCOc1cc(C=O)ccc1OCCCN1[C@H](C)CCC[C@@H]1C. The number of hydrogen-bond acceptors (Lipinski definition) is 4. The first kappa shape index (κ1) is 17.8. The molecule has 0 aliphatic carbocycles. The number of aldehydes is 1. The highest BCUT2D eigenvalue weighted by Gasteiger charge is 2.23. The molecule has 1 aromatic carbocycles. The van der Waals surface area contributed by atoms with Gasteiger partial charge >= 0.3 is 0 Å². The Balaban J connectivity index is 1.84. The molecule has 0 N–H and O–H groups in total. The molecule has 0 unspecified atom stereocenters. The molecule has 1 fully saturated rings. The van der Waals surface area contributed by atoms with Crippen LogP contribution in [0, 0.1) is 0 Å². The molecule has 2 atom stereocenters. The molecule has 0 aromatic heterocycles. The fraction of sp³-hybridized carbons (Fsp3) is 0.632. The first-order valence-electron chi connectivity index (χ1n) is 8.76. The van der Waals surface area contributed by atoms with Crippen LogP contribution in [0.3, 0.4) is 0 Å². The van der Waals surface area contributed by atoms with Gasteiger partial charge in [-0.2, -0.15) is 0 Å². The highest BCUT2D eigenvalue weighted by molar-refractivity contribution is 5.76. The van der Waals surface area contributed by atoms with E-state index < -0.39 is 0 Å². The van der Waals surface area contributed by atoms with E-state index in [-0.39, 0.29) is 0 Å². The Morgan fingerprint density at radius 3 is 2.57 bits per heavy atom. The van der Waals surface area contributed by atoms with Crippen LogP contribution in [0.2, 0.25) is 0 Å². The van der Waals surface area contributed by atoms with E-state index in [0.29, 0.717) is 36.6 Å². The van der Waals surface area contributed by atoms with Gasteiger partial charge in [0.15, 0.2) is 11.5 Å². The lowest BCUT2D eigenvalue weighted by atomic mass is 9.97. The number of benzene rings is 1. The van der Waals surface area contributed by atoms with Gasteiger partial charge in [0.1, 0.15) is 6.29 Å². The Labute approximate surface area is 139 Å². The van der Waals surface area contributed by atoms with Crippen molar-refractivity contribution in [2.75, 3.05) is 19.8 Å². The van der Waals surface area contributed by atoms with Gasteiger partial charge in [0, 0.05) is 24.2 Å². The molecule has 0 saturated carbocycles. The molecule has 1 aliphatic heterocycles. The van der Waals surface area contributed by atoms with Crippen molar-refractivity contribution in [3.8, 4) is 11.5 Å². The minimum atomic E-state index is 0.557. The largest absolute Gasteiger partial charge is 0.490 e. The lowest BCUT2D eigenvalue weighted by Crippen LogP contribution is -2.44. The molecule has 1 aliphatic rings. The number of rotatable bonds is 8. The maximum absolute atomic E-state index is 10.9. The molecule has 128 valence electrons. The van der Waals surface area contributed by atoms with Crippen molar-refractivity contribution in [3.05, 3.63) is 23.8 Å². The maximum Gasteiger partial charge on any atom is 0.161 e. The van der Waals surface area contributed by atoms with E-state index in [1.165, 1.54) is 19.3 Å². The predicted octanol–water partition coefficient (Wildman–Crippen LogP) is 3.93. The molecule has 0 spiro atoms. The standard InChI is InChI=1S/C19H29NO3/c1-4-22-19-13-17(14-21)9-10-18(19)23-12-6-11-20-15(2)7-5-8-16(20)3/h9-10,13-16H,4-8,11-12H2,1-3H3/t15-,16+. The lowest BCUT2D eigenvalue weighted by Gasteiger charge is -2.39. The first-order valence-corrected chi connectivity index (χ1v) is 8.76. The Kier molecular flexibility index (Phi) is 6.90. The van der Waals surface area contributed by atoms with E-state index in [0.717, 1.165) is 25.0 Å². The van der Waals surface area contributed by atoms with E-state index in [9.17, 15) is 4.79 Å². The second-order valence-electron chi connectivity index (χ2n) is 6.33. The van der Waals surface area contributed by atoms with Crippen molar-refractivity contribution < 1.29 is 14.3 Å². The van der Waals surface area contributed by atoms with Crippen molar-refractivity contribution in [3.63, 3.8) is 0 Å². The van der Waals surface area contributed by atoms with Crippen LogP contribution in [0.5, 0.6) is 11.5 Å². The van der Waals surface area contributed by atoms with Crippen LogP contribution in [0.15, 0.2) is 18.2 Å². The molecular weight excluding hydrogens is 290 g/mol. The summed E-state index contributed by atoms with van der Waals surface area (Å²) >= 11 is 0. The zero-order chi connectivity index (χ0) is 16.7. The van der Waals surface area contributed by atoms with Gasteiger partial charge in [-0.25, -0.2) is 0 Å². The molecule has 1 saturated heterocycles. The van der Waals surface area contributed by atoms with E-state index >= 15 is 0 Å². The fourth-order valence-electron chi connectivity index (χ4n) is 3.33. The van der Waals surface area contributed by atoms with Crippen LogP contribution < -0.4 is 9.47 Å². The number of carbonyl (C=O) groups excluding carboxylic acids is 1. The second kappa shape index (κ2) is 8.92. The molecule has 4 nitrogen and oxygen atoms in total. The van der Waals surface area contributed by atoms with Gasteiger partial charge < -0.3 is 9.47 Å². The summed E-state index contributed by atoms with van der Waals surface area (Å²) in [5, 5.41) is 0. The smallest absolute Gasteiger partial charge is 0.161 e. The van der Waals surface area contributed by atoms with Crippen LogP contribution in [0.4, 0.5) is 0 Å². The summed E-state index contributed by atoms with van der Waals surface area (Å²) in [6.07, 6.45) is 5.76. The second-order valence-corrected chi connectivity index (χ2v) is 6.33. The minimum Gasteiger partial charge on any atom is -0.490 e. The zero-order valence-electron chi connectivity index (χ0n) is 14.6. The molecule has 0 bridgehead atoms. The third-order valence-electron chi connectivity index (χ3n) is 4.60. The molecule has 2 rings (SSSR count). The van der Waals surface area contributed by atoms with Gasteiger partial charge in [-0.3, -0.25) is 9.69 Å². The van der Waals surface area contributed by atoms with E-state index in [1.807, 2.05) is 13.0 Å². The summed E-state index contributed by atoms with van der Waals surface area (Å²) in [6, 6.07) is 6.66. The number of ether oxygens (including phenoxy) is 2. The number of piperidine rings is 1. The number of hydrogen-bond donors (Lipinski definition) is 0. The average Bonchev–Trinajstić information content (AvgIpc) is 2.55. The van der Waals surface area contributed by atoms with Gasteiger partial charge in [-0.1, -0.05) is 6.42 Å². The van der Waals surface area contributed by atoms with Crippen LogP contribution in [-0.2, 0) is 0 Å². The van der Waals surface area contributed by atoms with Crippen molar-refractivity contribution in [1.29, 1.82) is 0 Å². The lowest BCUT2D eigenvalue weighted by molar-refractivity contribution is 0.0958. The molecular formula is C19H29NO3. The monoisotopic (exact) mass is 319 g/mol. The molecule has 0 radical (unpaired) electrons. The Morgan fingerprint density at radius 2 is 1.91 bits per heavy atom. The van der Waals surface area contributed by atoms with Crippen LogP contribution in [0.1, 0.15) is 56.8 Å². The third kappa shape index (κ3) is 4.96. The van der Waals surface area contributed by atoms with E-state index in [1.54, 1.807) is 12.1 Å². The average molecular weight is 319 g/mol. The van der Waals surface area contributed by atoms with Gasteiger partial charge in [-0.05, 0) is 58.2 Å². The molecule has 0 amide bonds. The molecule has 4 heteroatoms. The quantitative estimate of drug-likeness (QED) is 0.537. The van der Waals surface area contributed by atoms with E-state index in [2.05, 4.69) is 18.7 Å². The highest BCUT2D eigenvalue weighted by atomic mass is 16.5. The van der Waals surface area contributed by atoms with Crippen LogP contribution >= 0.6 is 0 Å². The molecule has 1 heterocycles. The number of carbonyl (C=O) groups is 1. The van der Waals surface area contributed by atoms with Gasteiger partial charge in [0.2, 0.25) is 0 Å². The topological polar surface area (TPSA) is 38.8 Å². The van der Waals surface area contributed by atoms with Crippen LogP contribution in [0.25, 0.3) is 0 Å². The number of likely N-dealkylation sites (tertiary alicyclic amines) is 1. The Bertz CT molecular complexity index is 493. The van der Waals surface area contributed by atoms with Gasteiger partial charge in [-0.15, -0.1) is 0 Å². The summed E-state index contributed by atoms with van der Waals surface area (Å²) in [7, 11) is 0. The summed E-state index contributed by atoms with van der Waals surface area (Å²) in [4.78, 5) is 13.5. The van der Waals surface area contributed by atoms with Gasteiger partial charge in [0.05, 0.1) is 13.2 Å². The number of nitrogens with zero attached hydrogens (tertiary/aromatic N) is 1. The summed E-state index contributed by atoms with van der Waals surface area (Å²) < 4.78 is 11.4. The first-order chi connectivity index (χ1) is 11.2. The zero-order valence-corrected chi connectivity index (χ0v) is 14.6. The summed E-state index contributed by atoms with van der Waals surface area (Å²) in [5.41, 5.74) is 0.608. The highest BCUT2D eigenvalue weighted by Crippen LogP contribution is 2.28. The minimum absolute atomic E-state index is 0.557. The summed E-state index contributed by atoms with van der Waals surface area (Å²) in [5.74, 6) is 1.37. The maximum atomic E-state index is 10.9. The Morgan fingerprint density at radius 1 is 1.17 bits per heavy atom.